The Bertz CT molecular complexity index is 170. The molecule has 1 saturated carbocycles. The zero-order valence-corrected chi connectivity index (χ0v) is 8.51. The van der Waals surface area contributed by atoms with Gasteiger partial charge in [0.05, 0.1) is 13.2 Å². The Balaban J connectivity index is 2.14. The topological polar surface area (TPSA) is 38.3 Å². The molecule has 0 aromatic carbocycles. The van der Waals surface area contributed by atoms with E-state index in [1.807, 2.05) is 6.92 Å². The van der Waals surface area contributed by atoms with Gasteiger partial charge in [-0.25, -0.2) is 0 Å². The number of nitrogens with one attached hydrogen (secondary N) is 1. The highest BCUT2D eigenvalue weighted by Gasteiger charge is 2.23. The first-order valence-corrected chi connectivity index (χ1v) is 5.13. The van der Waals surface area contributed by atoms with Crippen LogP contribution in [0.5, 0.6) is 0 Å². The molecular weight excluding hydrogens is 166 g/mol. The van der Waals surface area contributed by atoms with Crippen LogP contribution in [0.1, 0.15) is 33.1 Å². The summed E-state index contributed by atoms with van der Waals surface area (Å²) in [5.41, 5.74) is 0. The normalized spacial score (nSPS) is 27.5. The molecule has 0 amide bonds. The number of rotatable bonds is 4. The van der Waals surface area contributed by atoms with E-state index in [9.17, 15) is 4.79 Å². The van der Waals surface area contributed by atoms with E-state index in [4.69, 9.17) is 4.74 Å². The van der Waals surface area contributed by atoms with Crippen molar-refractivity contribution in [1.29, 1.82) is 0 Å². The van der Waals surface area contributed by atoms with Crippen LogP contribution in [0.25, 0.3) is 0 Å². The van der Waals surface area contributed by atoms with Gasteiger partial charge in [0.15, 0.2) is 0 Å². The molecule has 2 atom stereocenters. The molecule has 0 spiro atoms. The standard InChI is InChI=1S/C10H19NO2/c1-3-13-10(12)7-11-9-6-4-5-8(9)2/h8-9,11H,3-7H2,1-2H3. The second-order valence-electron chi connectivity index (χ2n) is 3.70. The summed E-state index contributed by atoms with van der Waals surface area (Å²) in [4.78, 5) is 11.0. The molecule has 0 aliphatic heterocycles. The molecule has 0 radical (unpaired) electrons. The van der Waals surface area contributed by atoms with Crippen molar-refractivity contribution in [2.75, 3.05) is 13.2 Å². The lowest BCUT2D eigenvalue weighted by molar-refractivity contribution is -0.142. The third-order valence-corrected chi connectivity index (χ3v) is 2.68. The molecule has 0 aromatic rings. The summed E-state index contributed by atoms with van der Waals surface area (Å²) in [5, 5.41) is 3.24. The Hall–Kier alpha value is -0.570. The third kappa shape index (κ3) is 3.35. The average molecular weight is 185 g/mol. The maximum Gasteiger partial charge on any atom is 0.319 e. The van der Waals surface area contributed by atoms with E-state index < -0.39 is 0 Å². The van der Waals surface area contributed by atoms with Crippen LogP contribution in [0.4, 0.5) is 0 Å². The van der Waals surface area contributed by atoms with E-state index in [0.29, 0.717) is 25.1 Å². The smallest absolute Gasteiger partial charge is 0.319 e. The van der Waals surface area contributed by atoms with Crippen molar-refractivity contribution in [1.82, 2.24) is 5.32 Å². The predicted molar refractivity (Wildman–Crippen MR) is 51.4 cm³/mol. The minimum atomic E-state index is -0.137. The van der Waals surface area contributed by atoms with Crippen molar-refractivity contribution < 1.29 is 9.53 Å². The number of carbonyl (C=O) groups is 1. The van der Waals surface area contributed by atoms with E-state index in [2.05, 4.69) is 12.2 Å². The van der Waals surface area contributed by atoms with Gasteiger partial charge in [0.2, 0.25) is 0 Å². The molecule has 0 bridgehead atoms. The van der Waals surface area contributed by atoms with Crippen molar-refractivity contribution in [2.24, 2.45) is 5.92 Å². The van der Waals surface area contributed by atoms with E-state index in [1.54, 1.807) is 0 Å². The van der Waals surface area contributed by atoms with Crippen LogP contribution in [0.15, 0.2) is 0 Å². The molecule has 0 heterocycles. The largest absolute Gasteiger partial charge is 0.465 e. The van der Waals surface area contributed by atoms with Gasteiger partial charge in [-0.15, -0.1) is 0 Å². The molecule has 1 aliphatic rings. The van der Waals surface area contributed by atoms with Crippen LogP contribution < -0.4 is 5.32 Å². The minimum absolute atomic E-state index is 0.137. The van der Waals surface area contributed by atoms with Gasteiger partial charge in [-0.05, 0) is 25.7 Å². The molecule has 1 N–H and O–H groups in total. The van der Waals surface area contributed by atoms with Crippen LogP contribution >= 0.6 is 0 Å². The SMILES string of the molecule is CCOC(=O)CNC1CCCC1C. The molecule has 1 rings (SSSR count). The summed E-state index contributed by atoms with van der Waals surface area (Å²) < 4.78 is 4.84. The molecule has 1 fully saturated rings. The molecule has 0 saturated heterocycles. The van der Waals surface area contributed by atoms with Crippen LogP contribution in [0.2, 0.25) is 0 Å². The Morgan fingerprint density at radius 2 is 2.31 bits per heavy atom. The first-order valence-electron chi connectivity index (χ1n) is 5.13. The number of hydrogen-bond acceptors (Lipinski definition) is 3. The molecular formula is C10H19NO2. The monoisotopic (exact) mass is 185 g/mol. The highest BCUT2D eigenvalue weighted by atomic mass is 16.5. The van der Waals surface area contributed by atoms with Gasteiger partial charge in [-0.3, -0.25) is 4.79 Å². The predicted octanol–water partition coefficient (Wildman–Crippen LogP) is 1.33. The van der Waals surface area contributed by atoms with Crippen molar-refractivity contribution in [2.45, 2.75) is 39.2 Å². The summed E-state index contributed by atoms with van der Waals surface area (Å²) >= 11 is 0. The van der Waals surface area contributed by atoms with Gasteiger partial charge in [-0.1, -0.05) is 13.3 Å². The number of esters is 1. The number of hydrogen-bond donors (Lipinski definition) is 1. The van der Waals surface area contributed by atoms with Gasteiger partial charge in [0, 0.05) is 6.04 Å². The summed E-state index contributed by atoms with van der Waals surface area (Å²) in [6, 6.07) is 0.518. The van der Waals surface area contributed by atoms with Crippen molar-refractivity contribution in [3.63, 3.8) is 0 Å². The van der Waals surface area contributed by atoms with Crippen molar-refractivity contribution in [3.8, 4) is 0 Å². The Morgan fingerprint density at radius 3 is 2.85 bits per heavy atom. The molecule has 3 heteroatoms. The lowest BCUT2D eigenvalue weighted by Gasteiger charge is -2.16. The molecule has 0 aromatic heterocycles. The van der Waals surface area contributed by atoms with Gasteiger partial charge in [0.1, 0.15) is 0 Å². The van der Waals surface area contributed by atoms with Gasteiger partial charge in [-0.2, -0.15) is 0 Å². The third-order valence-electron chi connectivity index (χ3n) is 2.68. The first-order chi connectivity index (χ1) is 6.24. The highest BCUT2D eigenvalue weighted by molar-refractivity contribution is 5.71. The maximum atomic E-state index is 11.0. The summed E-state index contributed by atoms with van der Waals surface area (Å²) in [6.45, 7) is 4.90. The fourth-order valence-electron chi connectivity index (χ4n) is 1.88. The zero-order chi connectivity index (χ0) is 9.68. The van der Waals surface area contributed by atoms with E-state index in [0.717, 1.165) is 0 Å². The fraction of sp³-hybridized carbons (Fsp3) is 0.900. The molecule has 76 valence electrons. The van der Waals surface area contributed by atoms with Crippen LogP contribution in [0, 0.1) is 5.92 Å². The molecule has 3 nitrogen and oxygen atoms in total. The Labute approximate surface area is 79.8 Å². The van der Waals surface area contributed by atoms with E-state index >= 15 is 0 Å². The molecule has 2 unspecified atom stereocenters. The minimum Gasteiger partial charge on any atom is -0.465 e. The van der Waals surface area contributed by atoms with Gasteiger partial charge in [0.25, 0.3) is 0 Å². The summed E-state index contributed by atoms with van der Waals surface area (Å²) in [6.07, 6.45) is 3.75. The second kappa shape index (κ2) is 5.22. The molecule has 13 heavy (non-hydrogen) atoms. The maximum absolute atomic E-state index is 11.0. The van der Waals surface area contributed by atoms with Crippen LogP contribution in [0.3, 0.4) is 0 Å². The first kappa shape index (κ1) is 10.5. The Kier molecular flexibility index (Phi) is 4.22. The lowest BCUT2D eigenvalue weighted by atomic mass is 10.1. The summed E-state index contributed by atoms with van der Waals surface area (Å²) in [5.74, 6) is 0.566. The highest BCUT2D eigenvalue weighted by Crippen LogP contribution is 2.24. The van der Waals surface area contributed by atoms with Crippen molar-refractivity contribution >= 4 is 5.97 Å². The van der Waals surface area contributed by atoms with E-state index in [1.165, 1.54) is 19.3 Å². The van der Waals surface area contributed by atoms with E-state index in [-0.39, 0.29) is 5.97 Å². The van der Waals surface area contributed by atoms with Crippen LogP contribution in [-0.2, 0) is 9.53 Å². The summed E-state index contributed by atoms with van der Waals surface area (Å²) in [7, 11) is 0. The Morgan fingerprint density at radius 1 is 1.54 bits per heavy atom. The lowest BCUT2D eigenvalue weighted by Crippen LogP contribution is -2.35. The number of ether oxygens (including phenoxy) is 1. The van der Waals surface area contributed by atoms with Gasteiger partial charge < -0.3 is 10.1 Å². The molecule has 1 aliphatic carbocycles. The van der Waals surface area contributed by atoms with Crippen LogP contribution in [-0.4, -0.2) is 25.2 Å². The average Bonchev–Trinajstić information content (AvgIpc) is 2.48. The fourth-order valence-corrected chi connectivity index (χ4v) is 1.88. The second-order valence-corrected chi connectivity index (χ2v) is 3.70. The number of carbonyl (C=O) groups excluding carboxylic acids is 1. The quantitative estimate of drug-likeness (QED) is 0.671. The van der Waals surface area contributed by atoms with Crippen molar-refractivity contribution in [3.05, 3.63) is 0 Å². The zero-order valence-electron chi connectivity index (χ0n) is 8.51. The van der Waals surface area contributed by atoms with Gasteiger partial charge >= 0.3 is 5.97 Å².